The van der Waals surface area contributed by atoms with E-state index in [2.05, 4.69) is 0 Å². The lowest BCUT2D eigenvalue weighted by molar-refractivity contribution is 0.0992. The maximum atomic E-state index is 13.1. The van der Waals surface area contributed by atoms with Crippen molar-refractivity contribution in [1.29, 1.82) is 0 Å². The Morgan fingerprint density at radius 1 is 0.643 bits per heavy atom. The van der Waals surface area contributed by atoms with Gasteiger partial charge in [-0.15, -0.1) is 0 Å². The molecule has 0 aromatic heterocycles. The minimum absolute atomic E-state index is 0.324. The molecular formula is C22H18F2N2O2. The summed E-state index contributed by atoms with van der Waals surface area (Å²) in [6.07, 6.45) is 0. The van der Waals surface area contributed by atoms with Crippen LogP contribution in [0.25, 0.3) is 0 Å². The number of halogens is 2. The van der Waals surface area contributed by atoms with Crippen molar-refractivity contribution in [2.75, 3.05) is 23.9 Å². The average Bonchev–Trinajstić information content (AvgIpc) is 2.73. The van der Waals surface area contributed by atoms with Crippen molar-refractivity contribution < 1.29 is 18.4 Å². The molecule has 3 rings (SSSR count). The molecule has 0 aliphatic carbocycles. The van der Waals surface area contributed by atoms with E-state index in [0.29, 0.717) is 22.5 Å². The van der Waals surface area contributed by atoms with Crippen molar-refractivity contribution in [2.45, 2.75) is 0 Å². The number of benzene rings is 3. The fraction of sp³-hybridized carbons (Fsp3) is 0.0909. The molecule has 0 fully saturated rings. The second kappa shape index (κ2) is 8.00. The summed E-state index contributed by atoms with van der Waals surface area (Å²) in [6, 6.07) is 17.5. The molecule has 4 nitrogen and oxygen atoms in total. The zero-order valence-electron chi connectivity index (χ0n) is 15.4. The van der Waals surface area contributed by atoms with Gasteiger partial charge in [0, 0.05) is 36.6 Å². The molecule has 142 valence electrons. The second-order valence-electron chi connectivity index (χ2n) is 6.26. The maximum absolute atomic E-state index is 13.1. The van der Waals surface area contributed by atoms with Gasteiger partial charge < -0.3 is 9.80 Å². The number of carbonyl (C=O) groups is 2. The van der Waals surface area contributed by atoms with Crippen LogP contribution in [0.5, 0.6) is 0 Å². The predicted molar refractivity (Wildman–Crippen MR) is 105 cm³/mol. The predicted octanol–water partition coefficient (Wildman–Crippen LogP) is 4.52. The van der Waals surface area contributed by atoms with Crippen LogP contribution in [0, 0.1) is 11.6 Å². The van der Waals surface area contributed by atoms with E-state index < -0.39 is 0 Å². The zero-order valence-corrected chi connectivity index (χ0v) is 15.4. The van der Waals surface area contributed by atoms with E-state index in [1.165, 1.54) is 64.4 Å². The van der Waals surface area contributed by atoms with Gasteiger partial charge in [-0.1, -0.05) is 6.07 Å². The highest BCUT2D eigenvalue weighted by atomic mass is 19.1. The summed E-state index contributed by atoms with van der Waals surface area (Å²) in [5, 5.41) is 0. The van der Waals surface area contributed by atoms with Crippen LogP contribution in [0.15, 0.2) is 72.8 Å². The number of hydrogen-bond acceptors (Lipinski definition) is 2. The molecule has 0 atom stereocenters. The third-order valence-corrected chi connectivity index (χ3v) is 4.39. The smallest absolute Gasteiger partial charge is 0.258 e. The van der Waals surface area contributed by atoms with Crippen molar-refractivity contribution >= 4 is 23.2 Å². The van der Waals surface area contributed by atoms with Gasteiger partial charge in [-0.3, -0.25) is 9.59 Å². The first kappa shape index (κ1) is 19.2. The summed E-state index contributed by atoms with van der Waals surface area (Å²) in [7, 11) is 3.16. The number of anilines is 2. The van der Waals surface area contributed by atoms with Gasteiger partial charge in [0.2, 0.25) is 0 Å². The summed E-state index contributed by atoms with van der Waals surface area (Å²) < 4.78 is 26.2. The lowest BCUT2D eigenvalue weighted by Gasteiger charge is -2.19. The molecule has 0 aliphatic heterocycles. The van der Waals surface area contributed by atoms with Crippen LogP contribution in [-0.4, -0.2) is 25.9 Å². The van der Waals surface area contributed by atoms with Crippen LogP contribution in [0.1, 0.15) is 20.7 Å². The average molecular weight is 380 g/mol. The second-order valence-corrected chi connectivity index (χ2v) is 6.26. The summed E-state index contributed by atoms with van der Waals surface area (Å²) in [4.78, 5) is 28.3. The molecule has 0 saturated carbocycles. The Kier molecular flexibility index (Phi) is 5.49. The van der Waals surface area contributed by atoms with Crippen molar-refractivity contribution in [3.63, 3.8) is 0 Å². The van der Waals surface area contributed by atoms with Crippen molar-refractivity contribution in [1.82, 2.24) is 0 Å². The Morgan fingerprint density at radius 2 is 1.00 bits per heavy atom. The highest BCUT2D eigenvalue weighted by Gasteiger charge is 2.18. The lowest BCUT2D eigenvalue weighted by Crippen LogP contribution is -2.28. The van der Waals surface area contributed by atoms with E-state index in [1.807, 2.05) is 0 Å². The molecule has 0 radical (unpaired) electrons. The SMILES string of the molecule is CN(C(=O)c1cccc(C(=O)N(C)c2ccc(F)cc2)c1)c1ccc(F)cc1. The molecule has 0 bridgehead atoms. The fourth-order valence-corrected chi connectivity index (χ4v) is 2.74. The van der Waals surface area contributed by atoms with Gasteiger partial charge >= 0.3 is 0 Å². The van der Waals surface area contributed by atoms with E-state index >= 15 is 0 Å². The van der Waals surface area contributed by atoms with E-state index in [1.54, 1.807) is 32.3 Å². The van der Waals surface area contributed by atoms with Gasteiger partial charge in [-0.05, 0) is 66.7 Å². The standard InChI is InChI=1S/C22H18F2N2O2/c1-25(19-10-6-17(23)7-11-19)21(27)15-4-3-5-16(14-15)22(28)26(2)20-12-8-18(24)9-13-20/h3-14H,1-2H3. The first-order chi connectivity index (χ1) is 13.4. The number of nitrogens with zero attached hydrogens (tertiary/aromatic N) is 2. The molecule has 3 aromatic rings. The normalized spacial score (nSPS) is 10.4. The number of hydrogen-bond donors (Lipinski definition) is 0. The quantitative estimate of drug-likeness (QED) is 0.668. The lowest BCUT2D eigenvalue weighted by atomic mass is 10.1. The highest BCUT2D eigenvalue weighted by molar-refractivity contribution is 6.10. The Bertz CT molecular complexity index is 923. The van der Waals surface area contributed by atoms with Gasteiger partial charge in [-0.25, -0.2) is 8.78 Å². The summed E-state index contributed by atoms with van der Waals surface area (Å²) in [6.45, 7) is 0. The van der Waals surface area contributed by atoms with E-state index in [-0.39, 0.29) is 23.4 Å². The van der Waals surface area contributed by atoms with Gasteiger partial charge in [0.15, 0.2) is 0 Å². The number of rotatable bonds is 4. The topological polar surface area (TPSA) is 40.6 Å². The van der Waals surface area contributed by atoms with Gasteiger partial charge in [-0.2, -0.15) is 0 Å². The molecule has 0 unspecified atom stereocenters. The summed E-state index contributed by atoms with van der Waals surface area (Å²) in [5.74, 6) is -1.43. The van der Waals surface area contributed by atoms with Gasteiger partial charge in [0.1, 0.15) is 11.6 Å². The van der Waals surface area contributed by atoms with Gasteiger partial charge in [0.25, 0.3) is 11.8 Å². The van der Waals surface area contributed by atoms with E-state index in [0.717, 1.165) is 0 Å². The molecule has 0 N–H and O–H groups in total. The zero-order chi connectivity index (χ0) is 20.3. The van der Waals surface area contributed by atoms with E-state index in [4.69, 9.17) is 0 Å². The van der Waals surface area contributed by atoms with Crippen molar-refractivity contribution in [2.24, 2.45) is 0 Å². The van der Waals surface area contributed by atoms with Crippen molar-refractivity contribution in [3.8, 4) is 0 Å². The van der Waals surface area contributed by atoms with Crippen LogP contribution in [0.4, 0.5) is 20.2 Å². The Morgan fingerprint density at radius 3 is 1.36 bits per heavy atom. The van der Waals surface area contributed by atoms with Crippen LogP contribution in [0.2, 0.25) is 0 Å². The number of carbonyl (C=O) groups excluding carboxylic acids is 2. The first-order valence-electron chi connectivity index (χ1n) is 8.54. The third kappa shape index (κ3) is 4.06. The third-order valence-electron chi connectivity index (χ3n) is 4.39. The van der Waals surface area contributed by atoms with Crippen LogP contribution in [0.3, 0.4) is 0 Å². The Balaban J connectivity index is 1.82. The molecule has 6 heteroatoms. The molecule has 2 amide bonds. The van der Waals surface area contributed by atoms with Crippen molar-refractivity contribution in [3.05, 3.63) is 95.6 Å². The molecule has 0 aliphatic rings. The maximum Gasteiger partial charge on any atom is 0.258 e. The highest BCUT2D eigenvalue weighted by Crippen LogP contribution is 2.19. The van der Waals surface area contributed by atoms with Crippen LogP contribution < -0.4 is 9.80 Å². The van der Waals surface area contributed by atoms with E-state index in [9.17, 15) is 18.4 Å². The molecule has 28 heavy (non-hydrogen) atoms. The fourth-order valence-electron chi connectivity index (χ4n) is 2.74. The molecule has 3 aromatic carbocycles. The Labute approximate surface area is 161 Å². The summed E-state index contributed by atoms with van der Waals surface area (Å²) in [5.41, 5.74) is 1.72. The van der Waals surface area contributed by atoms with Crippen LogP contribution in [-0.2, 0) is 0 Å². The largest absolute Gasteiger partial charge is 0.311 e. The van der Waals surface area contributed by atoms with Gasteiger partial charge in [0.05, 0.1) is 0 Å². The minimum atomic E-state index is -0.388. The molecule has 0 spiro atoms. The number of amides is 2. The molecular weight excluding hydrogens is 362 g/mol. The molecule has 0 heterocycles. The minimum Gasteiger partial charge on any atom is -0.311 e. The Hall–Kier alpha value is -3.54. The van der Waals surface area contributed by atoms with Crippen LogP contribution >= 0.6 is 0 Å². The first-order valence-corrected chi connectivity index (χ1v) is 8.54. The molecule has 0 saturated heterocycles. The monoisotopic (exact) mass is 380 g/mol. The summed E-state index contributed by atoms with van der Waals surface area (Å²) >= 11 is 0.